The molecule has 0 unspecified atom stereocenters. The Morgan fingerprint density at radius 1 is 0.871 bits per heavy atom. The number of rotatable bonds is 4. The molecule has 2 saturated heterocycles. The smallest absolute Gasteiger partial charge is 0.294 e. The first-order valence-electron chi connectivity index (χ1n) is 9.92. The third-order valence-corrected chi connectivity index (χ3v) is 5.73. The summed E-state index contributed by atoms with van der Waals surface area (Å²) in [5, 5.41) is 11.7. The number of urea groups is 2. The molecule has 8 nitrogen and oxygen atoms in total. The van der Waals surface area contributed by atoms with Gasteiger partial charge in [0.25, 0.3) is 0 Å². The maximum absolute atomic E-state index is 13.7. The molecule has 31 heavy (non-hydrogen) atoms. The van der Waals surface area contributed by atoms with Gasteiger partial charge in [0.05, 0.1) is 5.69 Å². The number of nitrogens with zero attached hydrogens (tertiary/aromatic N) is 4. The summed E-state index contributed by atoms with van der Waals surface area (Å²) in [5.41, 5.74) is -1.15. The van der Waals surface area contributed by atoms with Crippen molar-refractivity contribution in [1.82, 2.24) is 4.90 Å². The number of carbonyl (C=O) groups is 2. The number of hydrogen-bond acceptors (Lipinski definition) is 4. The number of imide groups is 1. The van der Waals surface area contributed by atoms with Crippen LogP contribution in [0.3, 0.4) is 0 Å². The van der Waals surface area contributed by atoms with Crippen molar-refractivity contribution in [3.05, 3.63) is 70.3 Å². The first-order chi connectivity index (χ1) is 14.8. The van der Waals surface area contributed by atoms with Crippen molar-refractivity contribution in [2.75, 3.05) is 22.9 Å². The minimum Gasteiger partial charge on any atom is -0.294 e. The average molecular weight is 430 g/mol. The van der Waals surface area contributed by atoms with Gasteiger partial charge in [0, 0.05) is 17.2 Å². The zero-order valence-corrected chi connectivity index (χ0v) is 16.5. The summed E-state index contributed by atoms with van der Waals surface area (Å²) in [6.45, 7) is -0.450. The topological polar surface area (TPSA) is 87.0 Å². The summed E-state index contributed by atoms with van der Waals surface area (Å²) in [5.74, 6) is -1.06. The van der Waals surface area contributed by atoms with Crippen molar-refractivity contribution < 1.29 is 23.3 Å². The van der Waals surface area contributed by atoms with E-state index in [1.165, 1.54) is 34.1 Å². The van der Waals surface area contributed by atoms with Gasteiger partial charge in [-0.25, -0.2) is 23.3 Å². The second-order valence-corrected chi connectivity index (χ2v) is 7.62. The van der Waals surface area contributed by atoms with Crippen LogP contribution in [0.4, 0.5) is 29.7 Å². The minimum atomic E-state index is -1.53. The Morgan fingerprint density at radius 2 is 1.45 bits per heavy atom. The van der Waals surface area contributed by atoms with Gasteiger partial charge in [0.2, 0.25) is 6.54 Å². The predicted molar refractivity (Wildman–Crippen MR) is 108 cm³/mol. The molecule has 2 fully saturated rings. The fourth-order valence-corrected chi connectivity index (χ4v) is 4.38. The third kappa shape index (κ3) is 3.58. The Hall–Kier alpha value is -3.56. The summed E-state index contributed by atoms with van der Waals surface area (Å²) in [7, 11) is 0. The number of fused-ring (bicyclic) bond motifs is 1. The Morgan fingerprint density at radius 3 is 2.03 bits per heavy atom. The molecule has 0 saturated carbocycles. The Balaban J connectivity index is 1.91. The van der Waals surface area contributed by atoms with Gasteiger partial charge >= 0.3 is 12.1 Å². The molecule has 0 radical (unpaired) electrons. The fraction of sp³-hybridized carbons (Fsp3) is 0.333. The highest BCUT2D eigenvalue weighted by atomic mass is 19.1. The second kappa shape index (κ2) is 7.93. The van der Waals surface area contributed by atoms with Gasteiger partial charge in [0.15, 0.2) is 5.66 Å². The van der Waals surface area contributed by atoms with Gasteiger partial charge in [-0.3, -0.25) is 19.9 Å². The van der Waals surface area contributed by atoms with Crippen LogP contribution in [0.25, 0.3) is 0 Å². The summed E-state index contributed by atoms with van der Waals surface area (Å²) in [4.78, 5) is 41.7. The molecule has 2 aromatic rings. The van der Waals surface area contributed by atoms with Crippen molar-refractivity contribution in [2.24, 2.45) is 0 Å². The summed E-state index contributed by atoms with van der Waals surface area (Å²) < 4.78 is 27.0. The molecule has 10 heteroatoms. The highest BCUT2D eigenvalue weighted by Crippen LogP contribution is 2.41. The molecule has 2 aliphatic rings. The van der Waals surface area contributed by atoms with Crippen LogP contribution >= 0.6 is 0 Å². The Bertz CT molecular complexity index is 1020. The van der Waals surface area contributed by atoms with Crippen molar-refractivity contribution in [1.29, 1.82) is 0 Å². The number of benzene rings is 2. The highest BCUT2D eigenvalue weighted by Gasteiger charge is 2.58. The number of carbonyl (C=O) groups excluding carboxylic acids is 2. The lowest BCUT2D eigenvalue weighted by Gasteiger charge is -2.53. The molecule has 2 aliphatic heterocycles. The van der Waals surface area contributed by atoms with Crippen LogP contribution in [0, 0.1) is 21.7 Å². The normalized spacial score (nSPS) is 21.7. The summed E-state index contributed by atoms with van der Waals surface area (Å²) in [6.07, 6.45) is 2.15. The number of hydrogen-bond donors (Lipinski definition) is 0. The van der Waals surface area contributed by atoms with Gasteiger partial charge in [0.1, 0.15) is 11.6 Å². The monoisotopic (exact) mass is 430 g/mol. The van der Waals surface area contributed by atoms with E-state index in [9.17, 15) is 28.5 Å². The lowest BCUT2D eigenvalue weighted by molar-refractivity contribution is -0.494. The van der Waals surface area contributed by atoms with E-state index in [4.69, 9.17) is 0 Å². The largest absolute Gasteiger partial charge is 0.339 e. The van der Waals surface area contributed by atoms with E-state index in [2.05, 4.69) is 0 Å². The van der Waals surface area contributed by atoms with E-state index < -0.39 is 40.8 Å². The van der Waals surface area contributed by atoms with Gasteiger partial charge in [-0.15, -0.1) is 0 Å². The van der Waals surface area contributed by atoms with Gasteiger partial charge in [-0.05, 0) is 67.8 Å². The van der Waals surface area contributed by atoms with Crippen LogP contribution < -0.4 is 9.80 Å². The second-order valence-electron chi connectivity index (χ2n) is 7.62. The van der Waals surface area contributed by atoms with E-state index in [0.29, 0.717) is 12.8 Å². The van der Waals surface area contributed by atoms with Crippen molar-refractivity contribution >= 4 is 23.4 Å². The van der Waals surface area contributed by atoms with Crippen LogP contribution in [0.5, 0.6) is 0 Å². The average Bonchev–Trinajstić information content (AvgIpc) is 2.93. The van der Waals surface area contributed by atoms with Crippen LogP contribution in [0.2, 0.25) is 0 Å². The van der Waals surface area contributed by atoms with Crippen LogP contribution in [-0.4, -0.2) is 40.6 Å². The Kier molecular flexibility index (Phi) is 5.30. The van der Waals surface area contributed by atoms with E-state index in [1.54, 1.807) is 0 Å². The molecule has 0 aliphatic carbocycles. The number of amides is 4. The standard InChI is InChI=1S/C21H20F2N4O4/c22-15-4-8-17(9-5-15)26-19(28)24-13-3-1-2-12-21(24,14-25(30)31)27(20(26)29)18-10-6-16(23)7-11-18/h4-11H,1-3,12-14H2/t21-/m0/s1. The molecule has 0 aromatic heterocycles. The SMILES string of the molecule is O=C1N(c2ccc(F)cc2)C(=O)N(c2ccc(F)cc2)[C@]2(C[N+](=O)[O-])CCCCCN12. The molecule has 1 atom stereocenters. The van der Waals surface area contributed by atoms with Gasteiger partial charge in [-0.1, -0.05) is 6.42 Å². The van der Waals surface area contributed by atoms with E-state index in [0.717, 1.165) is 35.6 Å². The van der Waals surface area contributed by atoms with E-state index in [-0.39, 0.29) is 24.3 Å². The molecule has 2 heterocycles. The van der Waals surface area contributed by atoms with Crippen molar-refractivity contribution in [3.8, 4) is 0 Å². The lowest BCUT2D eigenvalue weighted by Crippen LogP contribution is -2.76. The number of nitro groups is 1. The number of anilines is 2. The fourth-order valence-electron chi connectivity index (χ4n) is 4.38. The molecule has 4 rings (SSSR count). The maximum Gasteiger partial charge on any atom is 0.339 e. The number of halogens is 2. The zero-order valence-electron chi connectivity index (χ0n) is 16.5. The quantitative estimate of drug-likeness (QED) is 0.532. The highest BCUT2D eigenvalue weighted by molar-refractivity contribution is 6.21. The molecule has 162 valence electrons. The van der Waals surface area contributed by atoms with Gasteiger partial charge < -0.3 is 0 Å². The third-order valence-electron chi connectivity index (χ3n) is 5.73. The minimum absolute atomic E-state index is 0.141. The van der Waals surface area contributed by atoms with Crippen LogP contribution in [-0.2, 0) is 0 Å². The van der Waals surface area contributed by atoms with E-state index in [1.807, 2.05) is 0 Å². The van der Waals surface area contributed by atoms with Crippen LogP contribution in [0.15, 0.2) is 48.5 Å². The maximum atomic E-state index is 13.7. The predicted octanol–water partition coefficient (Wildman–Crippen LogP) is 4.38. The Labute approximate surface area is 176 Å². The zero-order chi connectivity index (χ0) is 22.2. The first kappa shape index (κ1) is 20.7. The lowest BCUT2D eigenvalue weighted by atomic mass is 9.97. The van der Waals surface area contributed by atoms with Crippen molar-refractivity contribution in [2.45, 2.75) is 31.3 Å². The van der Waals surface area contributed by atoms with Crippen molar-refractivity contribution in [3.63, 3.8) is 0 Å². The summed E-state index contributed by atoms with van der Waals surface area (Å²) in [6, 6.07) is 8.37. The van der Waals surface area contributed by atoms with E-state index >= 15 is 0 Å². The molecule has 2 aromatic carbocycles. The molecule has 0 bridgehead atoms. The summed E-state index contributed by atoms with van der Waals surface area (Å²) >= 11 is 0. The van der Waals surface area contributed by atoms with Gasteiger partial charge in [-0.2, -0.15) is 0 Å². The molecule has 0 N–H and O–H groups in total. The molecular weight excluding hydrogens is 410 g/mol. The molecule has 4 amide bonds. The van der Waals surface area contributed by atoms with Crippen LogP contribution in [0.1, 0.15) is 25.7 Å². The first-order valence-corrected chi connectivity index (χ1v) is 9.92. The molecular formula is C21H20F2N4O4. The molecule has 0 spiro atoms.